The zero-order valence-corrected chi connectivity index (χ0v) is 13.3. The van der Waals surface area contributed by atoms with Crippen LogP contribution in [-0.2, 0) is 11.2 Å². The van der Waals surface area contributed by atoms with Gasteiger partial charge in [0.1, 0.15) is 10.8 Å². The minimum atomic E-state index is -2.65. The molecule has 0 bridgehead atoms. The molecule has 0 spiro atoms. The highest BCUT2D eigenvalue weighted by molar-refractivity contribution is 7.16. The van der Waals surface area contributed by atoms with Crippen molar-refractivity contribution in [2.75, 3.05) is 0 Å². The molecule has 3 rings (SSSR count). The van der Waals surface area contributed by atoms with Crippen molar-refractivity contribution in [1.82, 2.24) is 9.97 Å². The van der Waals surface area contributed by atoms with Gasteiger partial charge in [-0.2, -0.15) is 0 Å². The van der Waals surface area contributed by atoms with Gasteiger partial charge in [0.15, 0.2) is 0 Å². The molecule has 1 saturated carbocycles. The Morgan fingerprint density at radius 2 is 2.10 bits per heavy atom. The topological polar surface area (TPSA) is 42.9 Å². The average molecular weight is 328 g/mol. The second-order valence-corrected chi connectivity index (χ2v) is 7.52. The molecule has 0 saturated heterocycles. The van der Waals surface area contributed by atoms with Gasteiger partial charge in [0, 0.05) is 24.1 Å². The highest BCUT2D eigenvalue weighted by atomic mass is 32.1. The first-order valence-electron chi connectivity index (χ1n) is 6.63. The molecule has 2 heterocycles. The predicted molar refractivity (Wildman–Crippen MR) is 79.1 cm³/mol. The largest absolute Gasteiger partial charge is 0.299 e. The molecule has 7 heteroatoms. The first kappa shape index (κ1) is 14.7. The van der Waals surface area contributed by atoms with Crippen LogP contribution < -0.4 is 0 Å². The molecule has 112 valence electrons. The van der Waals surface area contributed by atoms with Crippen LogP contribution in [0, 0.1) is 19.8 Å². The number of aromatic nitrogens is 2. The monoisotopic (exact) mass is 328 g/mol. The molecule has 0 amide bonds. The summed E-state index contributed by atoms with van der Waals surface area (Å²) < 4.78 is 25.6. The highest BCUT2D eigenvalue weighted by Gasteiger charge is 2.48. The summed E-state index contributed by atoms with van der Waals surface area (Å²) in [5.41, 5.74) is 1.75. The molecule has 0 unspecified atom stereocenters. The third-order valence-electron chi connectivity index (χ3n) is 3.56. The smallest absolute Gasteiger partial charge is 0.249 e. The van der Waals surface area contributed by atoms with Crippen LogP contribution in [0.3, 0.4) is 0 Å². The van der Waals surface area contributed by atoms with Crippen molar-refractivity contribution in [3.05, 3.63) is 21.1 Å². The maximum Gasteiger partial charge on any atom is 0.249 e. The Labute approximate surface area is 129 Å². The number of alkyl halides is 2. The summed E-state index contributed by atoms with van der Waals surface area (Å²) in [6, 6.07) is 0. The molecule has 21 heavy (non-hydrogen) atoms. The van der Waals surface area contributed by atoms with Gasteiger partial charge in [-0.3, -0.25) is 4.79 Å². The van der Waals surface area contributed by atoms with E-state index < -0.39 is 11.8 Å². The molecule has 2 aromatic heterocycles. The van der Waals surface area contributed by atoms with E-state index in [9.17, 15) is 13.6 Å². The fraction of sp³-hybridized carbons (Fsp3) is 0.500. The van der Waals surface area contributed by atoms with E-state index in [1.807, 2.05) is 19.2 Å². The van der Waals surface area contributed by atoms with Crippen LogP contribution in [0.2, 0.25) is 0 Å². The van der Waals surface area contributed by atoms with Gasteiger partial charge in [-0.15, -0.1) is 22.7 Å². The number of nitrogens with zero attached hydrogens (tertiary/aromatic N) is 2. The van der Waals surface area contributed by atoms with Gasteiger partial charge in [-0.1, -0.05) is 0 Å². The van der Waals surface area contributed by atoms with Gasteiger partial charge in [-0.05, 0) is 13.8 Å². The fourth-order valence-electron chi connectivity index (χ4n) is 2.45. The number of hydrogen-bond donors (Lipinski definition) is 0. The van der Waals surface area contributed by atoms with Crippen LogP contribution in [0.5, 0.6) is 0 Å². The molecule has 0 aliphatic heterocycles. The molecule has 2 aromatic rings. The van der Waals surface area contributed by atoms with Crippen LogP contribution in [0.15, 0.2) is 5.38 Å². The van der Waals surface area contributed by atoms with Gasteiger partial charge >= 0.3 is 0 Å². The van der Waals surface area contributed by atoms with Gasteiger partial charge in [0.2, 0.25) is 5.92 Å². The lowest BCUT2D eigenvalue weighted by molar-refractivity contribution is -0.147. The Morgan fingerprint density at radius 1 is 1.38 bits per heavy atom. The van der Waals surface area contributed by atoms with Crippen molar-refractivity contribution >= 4 is 28.5 Å². The van der Waals surface area contributed by atoms with Crippen molar-refractivity contribution < 1.29 is 13.6 Å². The van der Waals surface area contributed by atoms with Crippen molar-refractivity contribution in [2.45, 2.75) is 39.0 Å². The molecular weight excluding hydrogens is 314 g/mol. The first-order chi connectivity index (χ1) is 9.84. The standard InChI is InChI=1S/C14H14F2N2OS2/c1-7-13(21-8(2)17-7)10-6-20-12(18-10)3-11(19)9-4-14(15,16)5-9/h6,9H,3-5H2,1-2H3. The molecule has 0 radical (unpaired) electrons. The Kier molecular flexibility index (Phi) is 3.65. The number of Topliss-reactive ketones (excluding diaryl/α,β-unsaturated/α-hetero) is 1. The van der Waals surface area contributed by atoms with Crippen molar-refractivity contribution in [1.29, 1.82) is 0 Å². The van der Waals surface area contributed by atoms with Crippen LogP contribution in [0.4, 0.5) is 8.78 Å². The van der Waals surface area contributed by atoms with Crippen LogP contribution >= 0.6 is 22.7 Å². The number of ketones is 1. The normalized spacial score (nSPS) is 17.7. The van der Waals surface area contributed by atoms with Crippen molar-refractivity contribution in [3.63, 3.8) is 0 Å². The molecule has 1 fully saturated rings. The molecule has 0 aromatic carbocycles. The third kappa shape index (κ3) is 3.03. The molecule has 0 atom stereocenters. The number of carbonyl (C=O) groups is 1. The van der Waals surface area contributed by atoms with E-state index >= 15 is 0 Å². The van der Waals surface area contributed by atoms with Crippen LogP contribution in [0.1, 0.15) is 28.6 Å². The molecule has 1 aliphatic carbocycles. The van der Waals surface area contributed by atoms with E-state index in [0.29, 0.717) is 5.01 Å². The molecule has 3 nitrogen and oxygen atoms in total. The minimum Gasteiger partial charge on any atom is -0.299 e. The van der Waals surface area contributed by atoms with E-state index in [1.54, 1.807) is 11.3 Å². The van der Waals surface area contributed by atoms with Gasteiger partial charge in [0.25, 0.3) is 0 Å². The van der Waals surface area contributed by atoms with E-state index in [4.69, 9.17) is 0 Å². The summed E-state index contributed by atoms with van der Waals surface area (Å²) in [4.78, 5) is 21.7. The summed E-state index contributed by atoms with van der Waals surface area (Å²) in [5.74, 6) is -3.27. The maximum atomic E-state index is 12.8. The fourth-order valence-corrected chi connectivity index (χ4v) is 4.20. The minimum absolute atomic E-state index is 0.126. The first-order valence-corrected chi connectivity index (χ1v) is 8.33. The predicted octanol–water partition coefficient (Wildman–Crippen LogP) is 4.04. The SMILES string of the molecule is Cc1nc(C)c(-c2csc(CC(=O)C3CC(F)(F)C3)n2)s1. The number of halogens is 2. The van der Waals surface area contributed by atoms with Crippen molar-refractivity contribution in [3.8, 4) is 10.6 Å². The maximum absolute atomic E-state index is 12.8. The van der Waals surface area contributed by atoms with Gasteiger partial charge < -0.3 is 0 Å². The Hall–Kier alpha value is -1.21. The van der Waals surface area contributed by atoms with Gasteiger partial charge in [-0.25, -0.2) is 18.7 Å². The summed E-state index contributed by atoms with van der Waals surface area (Å²) in [7, 11) is 0. The lowest BCUT2D eigenvalue weighted by Gasteiger charge is -2.33. The lowest BCUT2D eigenvalue weighted by Crippen LogP contribution is -2.40. The molecule has 1 aliphatic rings. The Bertz CT molecular complexity index is 685. The summed E-state index contributed by atoms with van der Waals surface area (Å²) in [6.07, 6.45) is -0.462. The highest BCUT2D eigenvalue weighted by Crippen LogP contribution is 2.43. The second-order valence-electron chi connectivity index (χ2n) is 5.38. The average Bonchev–Trinajstić information content (AvgIpc) is 2.92. The van der Waals surface area contributed by atoms with E-state index in [0.717, 1.165) is 21.3 Å². The lowest BCUT2D eigenvalue weighted by atomic mass is 9.78. The zero-order chi connectivity index (χ0) is 15.2. The number of hydrogen-bond acceptors (Lipinski definition) is 5. The number of aryl methyl sites for hydroxylation is 2. The third-order valence-corrected chi connectivity index (χ3v) is 5.50. The Morgan fingerprint density at radius 3 is 2.67 bits per heavy atom. The van der Waals surface area contributed by atoms with Crippen molar-refractivity contribution in [2.24, 2.45) is 5.92 Å². The molecule has 0 N–H and O–H groups in total. The van der Waals surface area contributed by atoms with E-state index in [1.165, 1.54) is 11.3 Å². The summed E-state index contributed by atoms with van der Waals surface area (Å²) in [5, 5.41) is 3.57. The van der Waals surface area contributed by atoms with E-state index in [2.05, 4.69) is 9.97 Å². The summed E-state index contributed by atoms with van der Waals surface area (Å²) in [6.45, 7) is 3.87. The molecular formula is C14H14F2N2OS2. The van der Waals surface area contributed by atoms with Gasteiger partial charge in [0.05, 0.1) is 27.7 Å². The number of carbonyl (C=O) groups excluding carboxylic acids is 1. The summed E-state index contributed by atoms with van der Waals surface area (Å²) >= 11 is 2.97. The van der Waals surface area contributed by atoms with Crippen LogP contribution in [0.25, 0.3) is 10.6 Å². The number of thiazole rings is 2. The second kappa shape index (κ2) is 5.21. The number of rotatable bonds is 4. The zero-order valence-electron chi connectivity index (χ0n) is 11.7. The quantitative estimate of drug-likeness (QED) is 0.850. The van der Waals surface area contributed by atoms with Crippen LogP contribution in [-0.4, -0.2) is 21.7 Å². The van der Waals surface area contributed by atoms with E-state index in [-0.39, 0.29) is 25.0 Å². The Balaban J connectivity index is 1.68.